The molecule has 1 N–H and O–H groups in total. The highest BCUT2D eigenvalue weighted by Gasteiger charge is 2.19. The number of carbonyl (C=O) groups excluding carboxylic acids is 1. The van der Waals surface area contributed by atoms with E-state index in [0.29, 0.717) is 31.9 Å². The summed E-state index contributed by atoms with van der Waals surface area (Å²) in [6.07, 6.45) is -0.301. The van der Waals surface area contributed by atoms with Gasteiger partial charge >= 0.3 is 0 Å². The van der Waals surface area contributed by atoms with Gasteiger partial charge in [0, 0.05) is 23.0 Å². The van der Waals surface area contributed by atoms with E-state index in [1.54, 1.807) is 18.2 Å². The fraction of sp³-hybridized carbons (Fsp3) is 0.250. The molecule has 1 amide bonds. The average molecular weight is 549 g/mol. The second-order valence-electron chi connectivity index (χ2n) is 7.98. The first kappa shape index (κ1) is 25.5. The van der Waals surface area contributed by atoms with E-state index in [-0.39, 0.29) is 17.8 Å². The van der Waals surface area contributed by atoms with Gasteiger partial charge < -0.3 is 14.6 Å². The fourth-order valence-electron chi connectivity index (χ4n) is 3.50. The number of hydrogen-bond acceptors (Lipinski definition) is 7. The lowest BCUT2D eigenvalue weighted by atomic mass is 10.1. The monoisotopic (exact) mass is 547 g/mol. The summed E-state index contributed by atoms with van der Waals surface area (Å²) in [6.45, 7) is 5.99. The zero-order valence-electron chi connectivity index (χ0n) is 19.5. The molecular formula is C24H23Cl2N5O2S2. The molecule has 2 heterocycles. The Labute approximate surface area is 221 Å². The summed E-state index contributed by atoms with van der Waals surface area (Å²) in [5.41, 5.74) is 3.70. The number of ether oxygens (including phenoxy) is 1. The van der Waals surface area contributed by atoms with Crippen molar-refractivity contribution in [3.05, 3.63) is 68.8 Å². The first-order valence-corrected chi connectivity index (χ1v) is 13.3. The predicted molar refractivity (Wildman–Crippen MR) is 143 cm³/mol. The number of amides is 1. The Hall–Kier alpha value is -2.59. The van der Waals surface area contributed by atoms with Gasteiger partial charge in [0.1, 0.15) is 5.75 Å². The Morgan fingerprint density at radius 1 is 1.17 bits per heavy atom. The van der Waals surface area contributed by atoms with Crippen molar-refractivity contribution >= 4 is 57.3 Å². The van der Waals surface area contributed by atoms with Crippen LogP contribution in [0.15, 0.2) is 46.9 Å². The zero-order valence-corrected chi connectivity index (χ0v) is 22.6. The van der Waals surface area contributed by atoms with Crippen LogP contribution in [0.3, 0.4) is 0 Å². The van der Waals surface area contributed by atoms with Crippen molar-refractivity contribution in [2.75, 3.05) is 11.1 Å². The molecule has 4 rings (SSSR count). The number of nitrogens with one attached hydrogen (secondary N) is 1. The third kappa shape index (κ3) is 6.35. The lowest BCUT2D eigenvalue weighted by Crippen LogP contribution is -2.14. The molecule has 0 saturated heterocycles. The third-order valence-corrected chi connectivity index (χ3v) is 7.36. The Morgan fingerprint density at radius 2 is 1.91 bits per heavy atom. The van der Waals surface area contributed by atoms with Crippen molar-refractivity contribution in [3.63, 3.8) is 0 Å². The van der Waals surface area contributed by atoms with Gasteiger partial charge in [-0.1, -0.05) is 41.0 Å². The summed E-state index contributed by atoms with van der Waals surface area (Å²) >= 11 is 14.8. The van der Waals surface area contributed by atoms with Crippen molar-refractivity contribution in [2.24, 2.45) is 7.05 Å². The molecule has 1 unspecified atom stereocenters. The minimum Gasteiger partial charge on any atom is -0.483 e. The van der Waals surface area contributed by atoms with E-state index < -0.39 is 0 Å². The Bertz CT molecular complexity index is 1350. The topological polar surface area (TPSA) is 81.9 Å². The highest BCUT2D eigenvalue weighted by atomic mass is 35.5. The number of carbonyl (C=O) groups is 1. The largest absolute Gasteiger partial charge is 0.483 e. The molecule has 182 valence electrons. The van der Waals surface area contributed by atoms with Gasteiger partial charge in [-0.2, -0.15) is 0 Å². The maximum absolute atomic E-state index is 12.5. The van der Waals surface area contributed by atoms with Crippen molar-refractivity contribution in [2.45, 2.75) is 32.0 Å². The number of rotatable bonds is 8. The molecule has 0 fully saturated rings. The molecule has 0 radical (unpaired) electrons. The van der Waals surface area contributed by atoms with Crippen molar-refractivity contribution in [1.29, 1.82) is 0 Å². The molecule has 0 aliphatic heterocycles. The maximum atomic E-state index is 12.5. The lowest BCUT2D eigenvalue weighted by molar-refractivity contribution is -0.113. The molecule has 0 aliphatic rings. The van der Waals surface area contributed by atoms with E-state index >= 15 is 0 Å². The van der Waals surface area contributed by atoms with Gasteiger partial charge in [0.05, 0.1) is 16.5 Å². The molecule has 0 aliphatic carbocycles. The number of aromatic nitrogens is 4. The first-order valence-electron chi connectivity index (χ1n) is 10.7. The van der Waals surface area contributed by atoms with Crippen LogP contribution >= 0.6 is 46.3 Å². The highest BCUT2D eigenvalue weighted by Crippen LogP contribution is 2.32. The van der Waals surface area contributed by atoms with Crippen LogP contribution in [-0.2, 0) is 11.8 Å². The van der Waals surface area contributed by atoms with E-state index in [4.69, 9.17) is 27.9 Å². The lowest BCUT2D eigenvalue weighted by Gasteiger charge is -2.15. The molecule has 7 nitrogen and oxygen atoms in total. The van der Waals surface area contributed by atoms with Crippen molar-refractivity contribution in [3.8, 4) is 17.0 Å². The molecule has 1 atom stereocenters. The molecular weight excluding hydrogens is 525 g/mol. The SMILES string of the molecule is Cc1cc(C)cc(OC(C)c2nnc(SCC(=O)Nc3nc(-c4ccc(Cl)cc4Cl)cs3)n2C)c1. The molecule has 0 bridgehead atoms. The summed E-state index contributed by atoms with van der Waals surface area (Å²) in [6, 6.07) is 11.3. The Morgan fingerprint density at radius 3 is 2.63 bits per heavy atom. The Kier molecular flexibility index (Phi) is 8.01. The molecule has 2 aromatic carbocycles. The van der Waals surface area contributed by atoms with E-state index in [1.807, 2.05) is 49.9 Å². The van der Waals surface area contributed by atoms with E-state index in [9.17, 15) is 4.79 Å². The smallest absolute Gasteiger partial charge is 0.236 e. The van der Waals surface area contributed by atoms with E-state index in [1.165, 1.54) is 23.1 Å². The van der Waals surface area contributed by atoms with Crippen LogP contribution in [0.25, 0.3) is 11.3 Å². The first-order chi connectivity index (χ1) is 16.7. The standard InChI is InChI=1S/C24H23Cl2N5O2S2/c1-13-7-14(2)9-17(8-13)33-15(3)22-29-30-24(31(22)4)35-12-21(32)28-23-27-20(11-34-23)18-6-5-16(25)10-19(18)26/h5-11,15H,12H2,1-4H3,(H,27,28,32). The van der Waals surface area contributed by atoms with E-state index in [2.05, 4.69) is 26.6 Å². The highest BCUT2D eigenvalue weighted by molar-refractivity contribution is 7.99. The van der Waals surface area contributed by atoms with Crippen LogP contribution in [0.4, 0.5) is 5.13 Å². The number of halogens is 2. The number of benzene rings is 2. The summed E-state index contributed by atoms with van der Waals surface area (Å²) in [7, 11) is 1.86. The average Bonchev–Trinajstić information content (AvgIpc) is 3.38. The molecule has 0 spiro atoms. The number of aryl methyl sites for hydroxylation is 2. The van der Waals surface area contributed by atoms with Gasteiger partial charge in [-0.25, -0.2) is 4.98 Å². The van der Waals surface area contributed by atoms with Gasteiger partial charge in [-0.05, 0) is 62.2 Å². The zero-order chi connectivity index (χ0) is 25.1. The number of hydrogen-bond donors (Lipinski definition) is 1. The number of nitrogens with zero attached hydrogens (tertiary/aromatic N) is 4. The summed E-state index contributed by atoms with van der Waals surface area (Å²) < 4.78 is 7.92. The van der Waals surface area contributed by atoms with Crippen LogP contribution < -0.4 is 10.1 Å². The number of anilines is 1. The Balaban J connectivity index is 1.34. The quantitative estimate of drug-likeness (QED) is 0.246. The minimum absolute atomic E-state index is 0.162. The van der Waals surface area contributed by atoms with Crippen molar-refractivity contribution in [1.82, 2.24) is 19.7 Å². The molecule has 35 heavy (non-hydrogen) atoms. The minimum atomic E-state index is -0.301. The number of thioether (sulfide) groups is 1. The van der Waals surface area contributed by atoms with Gasteiger partial charge in [-0.3, -0.25) is 4.79 Å². The van der Waals surface area contributed by atoms with Gasteiger partial charge in [0.25, 0.3) is 0 Å². The molecule has 0 saturated carbocycles. The van der Waals surface area contributed by atoms with Crippen molar-refractivity contribution < 1.29 is 9.53 Å². The molecule has 11 heteroatoms. The summed E-state index contributed by atoms with van der Waals surface area (Å²) in [5.74, 6) is 1.43. The molecule has 2 aromatic heterocycles. The fourth-order valence-corrected chi connectivity index (χ4v) is 5.45. The number of thiazole rings is 1. The normalized spacial score (nSPS) is 11.9. The van der Waals surface area contributed by atoms with Crippen LogP contribution in [0, 0.1) is 13.8 Å². The van der Waals surface area contributed by atoms with Crippen LogP contribution in [-0.4, -0.2) is 31.4 Å². The second kappa shape index (κ2) is 11.0. The van der Waals surface area contributed by atoms with Crippen LogP contribution in [0.5, 0.6) is 5.75 Å². The molecule has 4 aromatic rings. The second-order valence-corrected chi connectivity index (χ2v) is 10.6. The third-order valence-electron chi connectivity index (χ3n) is 5.03. The van der Waals surface area contributed by atoms with Gasteiger partial charge in [0.15, 0.2) is 22.2 Å². The van der Waals surface area contributed by atoms with Crippen LogP contribution in [0.1, 0.15) is 30.0 Å². The maximum Gasteiger partial charge on any atom is 0.236 e. The predicted octanol–water partition coefficient (Wildman–Crippen LogP) is 6.73. The summed E-state index contributed by atoms with van der Waals surface area (Å²) in [4.78, 5) is 17.0. The van der Waals surface area contributed by atoms with Gasteiger partial charge in [-0.15, -0.1) is 21.5 Å². The van der Waals surface area contributed by atoms with E-state index in [0.717, 1.165) is 22.4 Å². The van der Waals surface area contributed by atoms with Crippen LogP contribution in [0.2, 0.25) is 10.0 Å². The van der Waals surface area contributed by atoms with Gasteiger partial charge in [0.2, 0.25) is 5.91 Å². The summed E-state index contributed by atoms with van der Waals surface area (Å²) in [5, 5.41) is 15.3.